The molecule has 0 amide bonds. The van der Waals surface area contributed by atoms with Crippen LogP contribution in [0.1, 0.15) is 31.1 Å². The van der Waals surface area contributed by atoms with E-state index in [4.69, 9.17) is 9.84 Å². The number of aliphatic hydroxyl groups is 1. The van der Waals surface area contributed by atoms with Crippen molar-refractivity contribution in [3.8, 4) is 0 Å². The summed E-state index contributed by atoms with van der Waals surface area (Å²) in [5, 5.41) is 10.4. The van der Waals surface area contributed by atoms with Gasteiger partial charge >= 0.3 is 0 Å². The first-order valence-corrected chi connectivity index (χ1v) is 8.72. The van der Waals surface area contributed by atoms with E-state index in [0.29, 0.717) is 24.4 Å². The molecule has 0 spiro atoms. The summed E-state index contributed by atoms with van der Waals surface area (Å²) in [6.45, 7) is 3.62. The van der Waals surface area contributed by atoms with Crippen molar-refractivity contribution in [2.75, 3.05) is 19.8 Å². The fourth-order valence-electron chi connectivity index (χ4n) is 1.40. The quantitative estimate of drug-likeness (QED) is 0.645. The second-order valence-electron chi connectivity index (χ2n) is 4.12. The summed E-state index contributed by atoms with van der Waals surface area (Å²) < 4.78 is 31.6. The summed E-state index contributed by atoms with van der Waals surface area (Å²) in [7, 11) is -3.45. The summed E-state index contributed by atoms with van der Waals surface area (Å²) in [5.41, 5.74) is 0. The van der Waals surface area contributed by atoms with Gasteiger partial charge in [0.25, 0.3) is 0 Å². The highest BCUT2D eigenvalue weighted by Gasteiger charge is 2.15. The molecule has 0 bridgehead atoms. The Morgan fingerprint density at radius 1 is 1.37 bits per heavy atom. The fourth-order valence-corrected chi connectivity index (χ4v) is 3.60. The van der Waals surface area contributed by atoms with Gasteiger partial charge in [-0.25, -0.2) is 13.1 Å². The Balaban J connectivity index is 2.27. The minimum Gasteiger partial charge on any atom is -0.391 e. The van der Waals surface area contributed by atoms with Crippen LogP contribution < -0.4 is 4.72 Å². The van der Waals surface area contributed by atoms with Crippen molar-refractivity contribution in [3.05, 3.63) is 16.3 Å². The second kappa shape index (κ2) is 8.65. The highest BCUT2D eigenvalue weighted by Crippen LogP contribution is 2.18. The lowest BCUT2D eigenvalue weighted by atomic mass is 10.4. The fraction of sp³-hybridized carbons (Fsp3) is 0.667. The van der Waals surface area contributed by atoms with E-state index in [1.807, 2.05) is 0 Å². The van der Waals surface area contributed by atoms with E-state index < -0.39 is 10.0 Å². The van der Waals surface area contributed by atoms with E-state index in [9.17, 15) is 8.42 Å². The van der Waals surface area contributed by atoms with Crippen LogP contribution in [0.25, 0.3) is 0 Å². The SMILES string of the molecule is CCCCOCCCNS(=O)(=O)c1csc(CO)c1. The van der Waals surface area contributed by atoms with Crippen molar-refractivity contribution in [1.29, 1.82) is 0 Å². The molecule has 0 aliphatic heterocycles. The molecule has 0 saturated carbocycles. The molecule has 0 aliphatic rings. The Morgan fingerprint density at radius 3 is 2.74 bits per heavy atom. The van der Waals surface area contributed by atoms with Crippen molar-refractivity contribution in [2.45, 2.75) is 37.7 Å². The van der Waals surface area contributed by atoms with Crippen molar-refractivity contribution >= 4 is 21.4 Å². The summed E-state index contributed by atoms with van der Waals surface area (Å²) in [5.74, 6) is 0. The lowest BCUT2D eigenvalue weighted by Gasteiger charge is -2.05. The third kappa shape index (κ3) is 6.01. The van der Waals surface area contributed by atoms with Crippen LogP contribution in [0, 0.1) is 0 Å². The summed E-state index contributed by atoms with van der Waals surface area (Å²) in [6.07, 6.45) is 2.78. The van der Waals surface area contributed by atoms with Crippen LogP contribution in [0.4, 0.5) is 0 Å². The molecule has 0 atom stereocenters. The number of thiophene rings is 1. The average molecular weight is 307 g/mol. The topological polar surface area (TPSA) is 75.6 Å². The highest BCUT2D eigenvalue weighted by atomic mass is 32.2. The molecule has 0 saturated heterocycles. The van der Waals surface area contributed by atoms with Gasteiger partial charge in [-0.05, 0) is 18.9 Å². The smallest absolute Gasteiger partial charge is 0.241 e. The molecule has 7 heteroatoms. The van der Waals surface area contributed by atoms with E-state index in [1.54, 1.807) is 0 Å². The molecule has 1 aromatic rings. The first-order valence-electron chi connectivity index (χ1n) is 6.36. The largest absolute Gasteiger partial charge is 0.391 e. The minimum atomic E-state index is -3.45. The molecule has 5 nitrogen and oxygen atoms in total. The predicted molar refractivity (Wildman–Crippen MR) is 75.8 cm³/mol. The van der Waals surface area contributed by atoms with Crippen LogP contribution in [0.15, 0.2) is 16.3 Å². The number of hydrogen-bond donors (Lipinski definition) is 2. The van der Waals surface area contributed by atoms with Gasteiger partial charge in [0.1, 0.15) is 0 Å². The van der Waals surface area contributed by atoms with Gasteiger partial charge in [0, 0.05) is 30.0 Å². The zero-order chi connectivity index (χ0) is 14.1. The molecule has 0 radical (unpaired) electrons. The molecular weight excluding hydrogens is 286 g/mol. The molecule has 0 fully saturated rings. The summed E-state index contributed by atoms with van der Waals surface area (Å²) in [4.78, 5) is 0.858. The van der Waals surface area contributed by atoms with Crippen molar-refractivity contribution in [3.63, 3.8) is 0 Å². The first kappa shape index (κ1) is 16.6. The number of aliphatic hydroxyl groups excluding tert-OH is 1. The van der Waals surface area contributed by atoms with Gasteiger partial charge in [0.15, 0.2) is 0 Å². The van der Waals surface area contributed by atoms with E-state index in [0.717, 1.165) is 19.4 Å². The number of ether oxygens (including phenoxy) is 1. The zero-order valence-electron chi connectivity index (χ0n) is 11.1. The number of unbranched alkanes of at least 4 members (excludes halogenated alkanes) is 1. The maximum atomic E-state index is 11.9. The Bertz CT molecular complexity index is 456. The van der Waals surface area contributed by atoms with Gasteiger partial charge in [0.05, 0.1) is 11.5 Å². The third-order valence-electron chi connectivity index (χ3n) is 2.50. The van der Waals surface area contributed by atoms with Crippen LogP contribution in [-0.2, 0) is 21.4 Å². The highest BCUT2D eigenvalue weighted by molar-refractivity contribution is 7.89. The van der Waals surface area contributed by atoms with Gasteiger partial charge in [-0.1, -0.05) is 13.3 Å². The maximum Gasteiger partial charge on any atom is 0.241 e. The van der Waals surface area contributed by atoms with Gasteiger partial charge < -0.3 is 9.84 Å². The minimum absolute atomic E-state index is 0.133. The maximum absolute atomic E-state index is 11.9. The standard InChI is InChI=1S/C12H21NO4S2/c1-2-3-6-17-7-4-5-13-19(15,16)12-8-11(9-14)18-10-12/h8,10,13-14H,2-7,9H2,1H3. The summed E-state index contributed by atoms with van der Waals surface area (Å²) >= 11 is 1.24. The molecule has 1 aromatic heterocycles. The monoisotopic (exact) mass is 307 g/mol. The van der Waals surface area contributed by atoms with Crippen LogP contribution in [0.3, 0.4) is 0 Å². The number of nitrogens with one attached hydrogen (secondary N) is 1. The van der Waals surface area contributed by atoms with Gasteiger partial charge in [-0.15, -0.1) is 11.3 Å². The van der Waals surface area contributed by atoms with Gasteiger partial charge in [0.2, 0.25) is 10.0 Å². The van der Waals surface area contributed by atoms with Gasteiger partial charge in [-0.2, -0.15) is 0 Å². The second-order valence-corrected chi connectivity index (χ2v) is 6.89. The molecule has 2 N–H and O–H groups in total. The zero-order valence-corrected chi connectivity index (χ0v) is 12.7. The van der Waals surface area contributed by atoms with Crippen LogP contribution in [-0.4, -0.2) is 33.3 Å². The Kier molecular flexibility index (Phi) is 7.55. The van der Waals surface area contributed by atoms with E-state index in [1.165, 1.54) is 22.8 Å². The molecule has 1 heterocycles. The number of hydrogen-bond acceptors (Lipinski definition) is 5. The molecule has 0 unspecified atom stereocenters. The number of sulfonamides is 1. The van der Waals surface area contributed by atoms with E-state index in [2.05, 4.69) is 11.6 Å². The van der Waals surface area contributed by atoms with Crippen molar-refractivity contribution in [2.24, 2.45) is 0 Å². The average Bonchev–Trinajstić information content (AvgIpc) is 2.87. The summed E-state index contributed by atoms with van der Waals surface area (Å²) in [6, 6.07) is 1.49. The molecule has 0 aromatic carbocycles. The van der Waals surface area contributed by atoms with Crippen LogP contribution in [0.5, 0.6) is 0 Å². The first-order chi connectivity index (χ1) is 9.10. The van der Waals surface area contributed by atoms with E-state index >= 15 is 0 Å². The van der Waals surface area contributed by atoms with Crippen molar-refractivity contribution < 1.29 is 18.3 Å². The number of rotatable bonds is 10. The Hall–Kier alpha value is -0.470. The molecule has 1 rings (SSSR count). The predicted octanol–water partition coefficient (Wildman–Crippen LogP) is 1.73. The molecular formula is C12H21NO4S2. The molecule has 19 heavy (non-hydrogen) atoms. The Labute approximate surface area is 118 Å². The Morgan fingerprint density at radius 2 is 2.11 bits per heavy atom. The molecule has 110 valence electrons. The van der Waals surface area contributed by atoms with Crippen LogP contribution in [0.2, 0.25) is 0 Å². The van der Waals surface area contributed by atoms with E-state index in [-0.39, 0.29) is 11.5 Å². The lowest BCUT2D eigenvalue weighted by molar-refractivity contribution is 0.130. The van der Waals surface area contributed by atoms with Gasteiger partial charge in [-0.3, -0.25) is 0 Å². The normalized spacial score (nSPS) is 11.9. The van der Waals surface area contributed by atoms with Crippen LogP contribution >= 0.6 is 11.3 Å². The molecule has 0 aliphatic carbocycles. The lowest BCUT2D eigenvalue weighted by Crippen LogP contribution is -2.25. The van der Waals surface area contributed by atoms with Crippen molar-refractivity contribution in [1.82, 2.24) is 4.72 Å². The third-order valence-corrected chi connectivity index (χ3v) is 5.01.